The van der Waals surface area contributed by atoms with Gasteiger partial charge in [0, 0.05) is 24.2 Å². The van der Waals surface area contributed by atoms with E-state index in [-0.39, 0.29) is 0 Å². The monoisotopic (exact) mass is 310 g/mol. The van der Waals surface area contributed by atoms with E-state index in [4.69, 9.17) is 16.7 Å². The normalized spacial score (nSPS) is 20.8. The van der Waals surface area contributed by atoms with E-state index in [1.54, 1.807) is 0 Å². The second kappa shape index (κ2) is 8.74. The highest BCUT2D eigenvalue weighted by molar-refractivity contribution is 6.31. The Hall–Kier alpha value is -0.610. The highest BCUT2D eigenvalue weighted by Crippen LogP contribution is 2.26. The third-order valence-electron chi connectivity index (χ3n) is 4.37. The molecule has 0 saturated carbocycles. The van der Waals surface area contributed by atoms with Crippen molar-refractivity contribution < 1.29 is 5.11 Å². The Kier molecular flexibility index (Phi) is 6.97. The van der Waals surface area contributed by atoms with E-state index < -0.39 is 0 Å². The zero-order chi connectivity index (χ0) is 15.1. The van der Waals surface area contributed by atoms with Crippen molar-refractivity contribution in [2.24, 2.45) is 5.92 Å². The van der Waals surface area contributed by atoms with Gasteiger partial charge in [-0.05, 0) is 56.4 Å². The maximum atomic E-state index is 9.04. The van der Waals surface area contributed by atoms with Crippen LogP contribution in [0.5, 0.6) is 0 Å². The molecule has 2 unspecified atom stereocenters. The summed E-state index contributed by atoms with van der Waals surface area (Å²) in [5.41, 5.74) is 1.20. The van der Waals surface area contributed by atoms with E-state index >= 15 is 0 Å². The first-order valence-corrected chi connectivity index (χ1v) is 8.43. The van der Waals surface area contributed by atoms with Crippen molar-refractivity contribution in [2.75, 3.05) is 32.8 Å². The molecule has 1 heterocycles. The van der Waals surface area contributed by atoms with Gasteiger partial charge in [0.1, 0.15) is 0 Å². The molecule has 1 aromatic rings. The molecule has 0 bridgehead atoms. The molecule has 1 aromatic carbocycles. The van der Waals surface area contributed by atoms with E-state index in [1.165, 1.54) is 12.0 Å². The summed E-state index contributed by atoms with van der Waals surface area (Å²) in [5.74, 6) is 0.674. The molecule has 0 amide bonds. The smallest absolute Gasteiger partial charge is 0.0453 e. The molecule has 1 saturated heterocycles. The number of halogens is 1. The average Bonchev–Trinajstić information content (AvgIpc) is 2.92. The maximum Gasteiger partial charge on any atom is 0.0453 e. The molecule has 0 aliphatic carbocycles. The van der Waals surface area contributed by atoms with Gasteiger partial charge in [0.15, 0.2) is 0 Å². The van der Waals surface area contributed by atoms with E-state index in [0.717, 1.165) is 44.0 Å². The van der Waals surface area contributed by atoms with Crippen molar-refractivity contribution in [2.45, 2.75) is 32.2 Å². The first-order chi connectivity index (χ1) is 10.2. The molecular weight excluding hydrogens is 284 g/mol. The topological polar surface area (TPSA) is 35.5 Å². The lowest BCUT2D eigenvalue weighted by Crippen LogP contribution is -2.28. The van der Waals surface area contributed by atoms with Crippen LogP contribution in [-0.4, -0.2) is 42.8 Å². The van der Waals surface area contributed by atoms with Crippen LogP contribution in [-0.2, 0) is 0 Å². The van der Waals surface area contributed by atoms with Crippen LogP contribution in [0.25, 0.3) is 0 Å². The molecule has 0 spiro atoms. The van der Waals surface area contributed by atoms with Gasteiger partial charge in [0.25, 0.3) is 0 Å². The van der Waals surface area contributed by atoms with Crippen molar-refractivity contribution >= 4 is 11.6 Å². The number of aliphatic hydroxyl groups excluding tert-OH is 1. The number of aliphatic hydroxyl groups is 1. The summed E-state index contributed by atoms with van der Waals surface area (Å²) in [7, 11) is 0. The number of rotatable bonds is 8. The lowest BCUT2D eigenvalue weighted by molar-refractivity contribution is 0.248. The Labute approximate surface area is 133 Å². The van der Waals surface area contributed by atoms with Gasteiger partial charge in [-0.1, -0.05) is 36.7 Å². The molecule has 2 N–H and O–H groups in total. The Balaban J connectivity index is 1.88. The van der Waals surface area contributed by atoms with Crippen molar-refractivity contribution in [3.05, 3.63) is 34.9 Å². The number of benzene rings is 1. The van der Waals surface area contributed by atoms with Gasteiger partial charge < -0.3 is 15.3 Å². The lowest BCUT2D eigenvalue weighted by atomic mass is 10.0. The van der Waals surface area contributed by atoms with Crippen molar-refractivity contribution in [1.29, 1.82) is 0 Å². The molecular formula is C17H27ClN2O. The summed E-state index contributed by atoms with van der Waals surface area (Å²) >= 11 is 6.33. The van der Waals surface area contributed by atoms with Gasteiger partial charge in [0.2, 0.25) is 0 Å². The van der Waals surface area contributed by atoms with E-state index in [1.807, 2.05) is 12.1 Å². The average molecular weight is 311 g/mol. The Morgan fingerprint density at radius 3 is 2.95 bits per heavy atom. The van der Waals surface area contributed by atoms with Gasteiger partial charge in [-0.15, -0.1) is 0 Å². The molecule has 2 atom stereocenters. The van der Waals surface area contributed by atoms with Crippen molar-refractivity contribution in [3.8, 4) is 0 Å². The molecule has 21 heavy (non-hydrogen) atoms. The molecule has 3 nitrogen and oxygen atoms in total. The molecule has 1 fully saturated rings. The standard InChI is InChI=1S/C17H27ClN2O/c1-2-19-17(15-5-3-4-6-16(15)18)8-11-20-10-7-14(13-20)9-12-21/h3-6,14,17,19,21H,2,7-13H2,1H3. The predicted octanol–water partition coefficient (Wildman–Crippen LogP) is 3.09. The zero-order valence-electron chi connectivity index (χ0n) is 12.9. The number of hydrogen-bond donors (Lipinski definition) is 2. The lowest BCUT2D eigenvalue weighted by Gasteiger charge is -2.23. The second-order valence-corrected chi connectivity index (χ2v) is 6.30. The Morgan fingerprint density at radius 2 is 2.24 bits per heavy atom. The summed E-state index contributed by atoms with van der Waals surface area (Å²) in [5, 5.41) is 13.4. The first-order valence-electron chi connectivity index (χ1n) is 8.05. The summed E-state index contributed by atoms with van der Waals surface area (Å²) < 4.78 is 0. The first kappa shape index (κ1) is 16.8. The van der Waals surface area contributed by atoms with Crippen LogP contribution < -0.4 is 5.32 Å². The SMILES string of the molecule is CCNC(CCN1CCC(CCO)C1)c1ccccc1Cl. The summed E-state index contributed by atoms with van der Waals surface area (Å²) in [6, 6.07) is 8.44. The largest absolute Gasteiger partial charge is 0.396 e. The third-order valence-corrected chi connectivity index (χ3v) is 4.72. The van der Waals surface area contributed by atoms with Crippen LogP contribution in [0, 0.1) is 5.92 Å². The van der Waals surface area contributed by atoms with Crippen LogP contribution in [0.1, 0.15) is 37.8 Å². The van der Waals surface area contributed by atoms with E-state index in [9.17, 15) is 0 Å². The molecule has 118 valence electrons. The fraction of sp³-hybridized carbons (Fsp3) is 0.647. The summed E-state index contributed by atoms with van der Waals surface area (Å²) in [6.07, 6.45) is 3.24. The van der Waals surface area contributed by atoms with E-state index in [2.05, 4.69) is 29.3 Å². The molecule has 1 aliphatic rings. The molecule has 0 radical (unpaired) electrons. The minimum atomic E-state index is 0.318. The summed E-state index contributed by atoms with van der Waals surface area (Å²) in [4.78, 5) is 2.52. The van der Waals surface area contributed by atoms with Gasteiger partial charge in [-0.2, -0.15) is 0 Å². The quantitative estimate of drug-likeness (QED) is 0.774. The van der Waals surface area contributed by atoms with Crippen LogP contribution in [0.15, 0.2) is 24.3 Å². The van der Waals surface area contributed by atoms with Gasteiger partial charge in [-0.25, -0.2) is 0 Å². The number of hydrogen-bond acceptors (Lipinski definition) is 3. The molecule has 1 aliphatic heterocycles. The fourth-order valence-corrected chi connectivity index (χ4v) is 3.48. The van der Waals surface area contributed by atoms with Crippen LogP contribution >= 0.6 is 11.6 Å². The Morgan fingerprint density at radius 1 is 1.43 bits per heavy atom. The molecule has 4 heteroatoms. The second-order valence-electron chi connectivity index (χ2n) is 5.89. The number of likely N-dealkylation sites (tertiary alicyclic amines) is 1. The number of nitrogens with zero attached hydrogens (tertiary/aromatic N) is 1. The van der Waals surface area contributed by atoms with Crippen LogP contribution in [0.2, 0.25) is 5.02 Å². The maximum absolute atomic E-state index is 9.04. The summed E-state index contributed by atoms with van der Waals surface area (Å²) in [6.45, 7) is 6.77. The fourth-order valence-electron chi connectivity index (χ4n) is 3.22. The van der Waals surface area contributed by atoms with Gasteiger partial charge >= 0.3 is 0 Å². The van der Waals surface area contributed by atoms with Crippen LogP contribution in [0.3, 0.4) is 0 Å². The third kappa shape index (κ3) is 4.96. The highest BCUT2D eigenvalue weighted by atomic mass is 35.5. The van der Waals surface area contributed by atoms with Crippen molar-refractivity contribution in [1.82, 2.24) is 10.2 Å². The highest BCUT2D eigenvalue weighted by Gasteiger charge is 2.23. The predicted molar refractivity (Wildman–Crippen MR) is 88.7 cm³/mol. The van der Waals surface area contributed by atoms with Gasteiger partial charge in [0.05, 0.1) is 0 Å². The zero-order valence-corrected chi connectivity index (χ0v) is 13.6. The van der Waals surface area contributed by atoms with Crippen molar-refractivity contribution in [3.63, 3.8) is 0 Å². The Bertz CT molecular complexity index is 427. The molecule has 2 rings (SSSR count). The minimum absolute atomic E-state index is 0.318. The van der Waals surface area contributed by atoms with Crippen LogP contribution in [0.4, 0.5) is 0 Å². The van der Waals surface area contributed by atoms with Gasteiger partial charge in [-0.3, -0.25) is 0 Å². The van der Waals surface area contributed by atoms with E-state index in [0.29, 0.717) is 18.6 Å². The number of nitrogens with one attached hydrogen (secondary N) is 1. The molecule has 0 aromatic heterocycles. The minimum Gasteiger partial charge on any atom is -0.396 e.